The summed E-state index contributed by atoms with van der Waals surface area (Å²) in [7, 11) is 1.34. The van der Waals surface area contributed by atoms with Crippen LogP contribution in [0.15, 0.2) is 18.3 Å². The van der Waals surface area contributed by atoms with Crippen molar-refractivity contribution in [3.05, 3.63) is 29.6 Å². The van der Waals surface area contributed by atoms with Gasteiger partial charge in [-0.15, -0.1) is 0 Å². The number of methoxy groups -OCH3 is 1. The highest BCUT2D eigenvalue weighted by molar-refractivity contribution is 5.94. The first kappa shape index (κ1) is 14.2. The Morgan fingerprint density at radius 3 is 2.61 bits per heavy atom. The molecule has 0 radical (unpaired) electrons. The molecule has 1 amide bonds. The van der Waals surface area contributed by atoms with Crippen LogP contribution in [0.2, 0.25) is 0 Å². The predicted molar refractivity (Wildman–Crippen MR) is 67.2 cm³/mol. The SMILES string of the molecule is CCN(CCC(=O)OC)C(=O)c1ccc(C)nc1. The van der Waals surface area contributed by atoms with Crippen LogP contribution in [0.3, 0.4) is 0 Å². The molecule has 0 unspecified atom stereocenters. The normalized spacial score (nSPS) is 9.94. The molecule has 0 aliphatic rings. The number of rotatable bonds is 5. The molecule has 0 saturated carbocycles. The molecule has 1 rings (SSSR count). The molecule has 0 aromatic carbocycles. The molecule has 0 atom stereocenters. The summed E-state index contributed by atoms with van der Waals surface area (Å²) in [6.07, 6.45) is 1.76. The van der Waals surface area contributed by atoms with Crippen LogP contribution >= 0.6 is 0 Å². The summed E-state index contributed by atoms with van der Waals surface area (Å²) >= 11 is 0. The van der Waals surface area contributed by atoms with E-state index in [0.717, 1.165) is 5.69 Å². The summed E-state index contributed by atoms with van der Waals surface area (Å²) < 4.78 is 4.56. The zero-order valence-corrected chi connectivity index (χ0v) is 11.0. The van der Waals surface area contributed by atoms with Crippen LogP contribution in [0, 0.1) is 6.92 Å². The summed E-state index contributed by atoms with van der Waals surface area (Å²) in [6.45, 7) is 4.64. The van der Waals surface area contributed by atoms with E-state index in [4.69, 9.17) is 0 Å². The van der Waals surface area contributed by atoms with Gasteiger partial charge in [0.05, 0.1) is 19.1 Å². The van der Waals surface area contributed by atoms with Crippen LogP contribution in [0.5, 0.6) is 0 Å². The number of ether oxygens (including phenoxy) is 1. The van der Waals surface area contributed by atoms with Gasteiger partial charge in [0.15, 0.2) is 0 Å². The number of nitrogens with zero attached hydrogens (tertiary/aromatic N) is 2. The van der Waals surface area contributed by atoms with E-state index < -0.39 is 0 Å². The van der Waals surface area contributed by atoms with Crippen molar-refractivity contribution in [3.63, 3.8) is 0 Å². The van der Waals surface area contributed by atoms with E-state index in [1.165, 1.54) is 7.11 Å². The Morgan fingerprint density at radius 1 is 1.39 bits per heavy atom. The monoisotopic (exact) mass is 250 g/mol. The minimum Gasteiger partial charge on any atom is -0.469 e. The number of amides is 1. The first-order valence-corrected chi connectivity index (χ1v) is 5.87. The predicted octanol–water partition coefficient (Wildman–Crippen LogP) is 1.42. The molecule has 1 aromatic rings. The lowest BCUT2D eigenvalue weighted by Crippen LogP contribution is -2.33. The van der Waals surface area contributed by atoms with E-state index in [0.29, 0.717) is 18.7 Å². The first-order valence-electron chi connectivity index (χ1n) is 5.87. The maximum atomic E-state index is 12.1. The van der Waals surface area contributed by atoms with Crippen molar-refractivity contribution >= 4 is 11.9 Å². The van der Waals surface area contributed by atoms with E-state index >= 15 is 0 Å². The van der Waals surface area contributed by atoms with Crippen molar-refractivity contribution in [2.75, 3.05) is 20.2 Å². The molecule has 1 aromatic heterocycles. The molecule has 5 heteroatoms. The van der Waals surface area contributed by atoms with Crippen molar-refractivity contribution in [1.82, 2.24) is 9.88 Å². The van der Waals surface area contributed by atoms with Gasteiger partial charge in [0.2, 0.25) is 0 Å². The Kier molecular flexibility index (Phi) is 5.30. The fraction of sp³-hybridized carbons (Fsp3) is 0.462. The average molecular weight is 250 g/mol. The van der Waals surface area contributed by atoms with Gasteiger partial charge in [-0.1, -0.05) is 0 Å². The highest BCUT2D eigenvalue weighted by Crippen LogP contribution is 2.05. The summed E-state index contributed by atoms with van der Waals surface area (Å²) in [5.74, 6) is -0.433. The molecule has 0 spiro atoms. The molecular formula is C13H18N2O3. The zero-order chi connectivity index (χ0) is 13.5. The number of esters is 1. The molecular weight excluding hydrogens is 232 g/mol. The highest BCUT2D eigenvalue weighted by atomic mass is 16.5. The fourth-order valence-electron chi connectivity index (χ4n) is 1.51. The van der Waals surface area contributed by atoms with E-state index in [1.807, 2.05) is 13.8 Å². The summed E-state index contributed by atoms with van der Waals surface area (Å²) in [4.78, 5) is 28.9. The Labute approximate surface area is 107 Å². The largest absolute Gasteiger partial charge is 0.469 e. The lowest BCUT2D eigenvalue weighted by molar-refractivity contribution is -0.140. The number of pyridine rings is 1. The van der Waals surface area contributed by atoms with Crippen LogP contribution in [0.1, 0.15) is 29.4 Å². The zero-order valence-electron chi connectivity index (χ0n) is 11.0. The van der Waals surface area contributed by atoms with Gasteiger partial charge in [-0.05, 0) is 26.0 Å². The summed E-state index contributed by atoms with van der Waals surface area (Å²) in [5.41, 5.74) is 1.40. The highest BCUT2D eigenvalue weighted by Gasteiger charge is 2.15. The maximum absolute atomic E-state index is 12.1. The van der Waals surface area contributed by atoms with E-state index in [2.05, 4.69) is 9.72 Å². The van der Waals surface area contributed by atoms with E-state index in [9.17, 15) is 9.59 Å². The van der Waals surface area contributed by atoms with Crippen molar-refractivity contribution in [3.8, 4) is 0 Å². The third-order valence-corrected chi connectivity index (χ3v) is 2.64. The Bertz CT molecular complexity index is 415. The van der Waals surface area contributed by atoms with Gasteiger partial charge in [0.25, 0.3) is 5.91 Å². The molecule has 98 valence electrons. The van der Waals surface area contributed by atoms with Crippen molar-refractivity contribution in [2.45, 2.75) is 20.3 Å². The Morgan fingerprint density at radius 2 is 2.11 bits per heavy atom. The van der Waals surface area contributed by atoms with Crippen LogP contribution in [-0.4, -0.2) is 42.0 Å². The van der Waals surface area contributed by atoms with Crippen LogP contribution < -0.4 is 0 Å². The maximum Gasteiger partial charge on any atom is 0.307 e. The Hall–Kier alpha value is -1.91. The topological polar surface area (TPSA) is 59.5 Å². The summed E-state index contributed by atoms with van der Waals surface area (Å²) in [6, 6.07) is 3.53. The van der Waals surface area contributed by atoms with E-state index in [-0.39, 0.29) is 18.3 Å². The molecule has 0 aliphatic heterocycles. The molecule has 0 aliphatic carbocycles. The second-order valence-electron chi connectivity index (χ2n) is 3.90. The fourth-order valence-corrected chi connectivity index (χ4v) is 1.51. The standard InChI is InChI=1S/C13H18N2O3/c1-4-15(8-7-12(16)18-3)13(17)11-6-5-10(2)14-9-11/h5-6,9H,4,7-8H2,1-3H3. The number of aryl methyl sites for hydroxylation is 1. The van der Waals surface area contributed by atoms with Gasteiger partial charge >= 0.3 is 5.97 Å². The number of hydrogen-bond acceptors (Lipinski definition) is 4. The Balaban J connectivity index is 2.67. The second-order valence-corrected chi connectivity index (χ2v) is 3.90. The van der Waals surface area contributed by atoms with Gasteiger partial charge in [-0.2, -0.15) is 0 Å². The minimum absolute atomic E-state index is 0.117. The smallest absolute Gasteiger partial charge is 0.307 e. The molecule has 5 nitrogen and oxygen atoms in total. The lowest BCUT2D eigenvalue weighted by Gasteiger charge is -2.20. The van der Waals surface area contributed by atoms with Gasteiger partial charge < -0.3 is 9.64 Å². The number of carbonyl (C=O) groups is 2. The second kappa shape index (κ2) is 6.74. The molecule has 1 heterocycles. The third kappa shape index (κ3) is 3.84. The number of carbonyl (C=O) groups excluding carboxylic acids is 2. The van der Waals surface area contributed by atoms with Gasteiger partial charge in [-0.3, -0.25) is 14.6 Å². The van der Waals surface area contributed by atoms with Crippen LogP contribution in [0.4, 0.5) is 0 Å². The quantitative estimate of drug-likeness (QED) is 0.741. The molecule has 0 fully saturated rings. The lowest BCUT2D eigenvalue weighted by atomic mass is 10.2. The van der Waals surface area contributed by atoms with Crippen LogP contribution in [-0.2, 0) is 9.53 Å². The van der Waals surface area contributed by atoms with Gasteiger partial charge in [-0.25, -0.2) is 0 Å². The van der Waals surface area contributed by atoms with E-state index in [1.54, 1.807) is 23.2 Å². The van der Waals surface area contributed by atoms with Crippen molar-refractivity contribution in [2.24, 2.45) is 0 Å². The van der Waals surface area contributed by atoms with Gasteiger partial charge in [0.1, 0.15) is 0 Å². The average Bonchev–Trinajstić information content (AvgIpc) is 2.39. The molecule has 18 heavy (non-hydrogen) atoms. The van der Waals surface area contributed by atoms with Crippen LogP contribution in [0.25, 0.3) is 0 Å². The first-order chi connectivity index (χ1) is 8.58. The number of hydrogen-bond donors (Lipinski definition) is 0. The minimum atomic E-state index is -0.316. The van der Waals surface area contributed by atoms with Crippen molar-refractivity contribution < 1.29 is 14.3 Å². The molecule has 0 N–H and O–H groups in total. The molecule has 0 bridgehead atoms. The van der Waals surface area contributed by atoms with Crippen molar-refractivity contribution in [1.29, 1.82) is 0 Å². The molecule has 0 saturated heterocycles. The van der Waals surface area contributed by atoms with Gasteiger partial charge in [0, 0.05) is 25.0 Å². The summed E-state index contributed by atoms with van der Waals surface area (Å²) in [5, 5.41) is 0. The number of aromatic nitrogens is 1. The third-order valence-electron chi connectivity index (χ3n) is 2.64.